The number of cyclic esters (lactones) is 1. The second kappa shape index (κ2) is 8.67. The summed E-state index contributed by atoms with van der Waals surface area (Å²) in [5.74, 6) is 0.00482. The van der Waals surface area contributed by atoms with E-state index < -0.39 is 5.97 Å². The Labute approximate surface area is 179 Å². The van der Waals surface area contributed by atoms with Gasteiger partial charge in [-0.15, -0.1) is 0 Å². The minimum Gasteiger partial charge on any atom is -0.496 e. The summed E-state index contributed by atoms with van der Waals surface area (Å²) in [6.07, 6.45) is 1.62. The van der Waals surface area contributed by atoms with Crippen LogP contribution < -0.4 is 10.1 Å². The number of aryl methyl sites for hydroxylation is 1. The number of anilines is 1. The molecule has 0 fully saturated rings. The summed E-state index contributed by atoms with van der Waals surface area (Å²) in [4.78, 5) is 29.1. The van der Waals surface area contributed by atoms with Crippen molar-refractivity contribution in [1.29, 1.82) is 0 Å². The van der Waals surface area contributed by atoms with Gasteiger partial charge in [0.25, 0.3) is 5.91 Å². The molecule has 0 radical (unpaired) electrons. The van der Waals surface area contributed by atoms with Crippen LogP contribution in [0.5, 0.6) is 5.75 Å². The molecule has 154 valence electrons. The predicted octanol–water partition coefficient (Wildman–Crippen LogP) is 4.60. The molecule has 1 aliphatic heterocycles. The van der Waals surface area contributed by atoms with Crippen LogP contribution in [0.2, 0.25) is 0 Å². The van der Waals surface area contributed by atoms with Crippen molar-refractivity contribution in [3.05, 3.63) is 101 Å². The van der Waals surface area contributed by atoms with Crippen LogP contribution in [0.15, 0.2) is 83.5 Å². The largest absolute Gasteiger partial charge is 0.496 e. The highest BCUT2D eigenvalue weighted by molar-refractivity contribution is 6.14. The maximum absolute atomic E-state index is 12.5. The van der Waals surface area contributed by atoms with E-state index in [0.29, 0.717) is 28.1 Å². The maximum Gasteiger partial charge on any atom is 0.363 e. The third-order valence-electron chi connectivity index (χ3n) is 4.72. The van der Waals surface area contributed by atoms with Gasteiger partial charge in [0.05, 0.1) is 12.7 Å². The quantitative estimate of drug-likeness (QED) is 0.491. The average molecular weight is 412 g/mol. The molecule has 3 aromatic rings. The molecule has 3 aromatic carbocycles. The fraction of sp³-hybridized carbons (Fsp3) is 0.0800. The Morgan fingerprint density at radius 1 is 1.03 bits per heavy atom. The molecule has 0 saturated heterocycles. The zero-order valence-corrected chi connectivity index (χ0v) is 17.1. The summed E-state index contributed by atoms with van der Waals surface area (Å²) < 4.78 is 10.6. The number of para-hydroxylation sites is 1. The molecule has 1 aliphatic rings. The fourth-order valence-electron chi connectivity index (χ4n) is 3.12. The summed E-state index contributed by atoms with van der Waals surface area (Å²) >= 11 is 0. The molecule has 1 amide bonds. The zero-order chi connectivity index (χ0) is 21.8. The van der Waals surface area contributed by atoms with Gasteiger partial charge in [-0.1, -0.05) is 42.0 Å². The molecule has 0 spiro atoms. The van der Waals surface area contributed by atoms with Crippen LogP contribution in [0.4, 0.5) is 5.69 Å². The van der Waals surface area contributed by atoms with E-state index in [1.165, 1.54) is 0 Å². The van der Waals surface area contributed by atoms with Gasteiger partial charge in [-0.2, -0.15) is 0 Å². The lowest BCUT2D eigenvalue weighted by atomic mass is 10.1. The molecule has 0 aliphatic carbocycles. The Bertz CT molecular complexity index is 1210. The molecule has 0 bridgehead atoms. The predicted molar refractivity (Wildman–Crippen MR) is 119 cm³/mol. The first-order valence-electron chi connectivity index (χ1n) is 9.67. The summed E-state index contributed by atoms with van der Waals surface area (Å²) in [6, 6.07) is 21.7. The third-order valence-corrected chi connectivity index (χ3v) is 4.72. The van der Waals surface area contributed by atoms with Crippen molar-refractivity contribution < 1.29 is 19.1 Å². The van der Waals surface area contributed by atoms with Gasteiger partial charge in [0.1, 0.15) is 5.75 Å². The van der Waals surface area contributed by atoms with Crippen molar-refractivity contribution in [3.8, 4) is 5.75 Å². The molecular weight excluding hydrogens is 392 g/mol. The van der Waals surface area contributed by atoms with Gasteiger partial charge in [-0.3, -0.25) is 4.79 Å². The van der Waals surface area contributed by atoms with E-state index in [4.69, 9.17) is 9.47 Å². The summed E-state index contributed by atoms with van der Waals surface area (Å²) in [5.41, 5.74) is 3.74. The number of rotatable bonds is 5. The number of benzene rings is 3. The number of ether oxygens (including phenoxy) is 2. The number of nitrogens with one attached hydrogen (secondary N) is 1. The number of hydrogen-bond donors (Lipinski definition) is 1. The van der Waals surface area contributed by atoms with Crippen molar-refractivity contribution in [2.24, 2.45) is 4.99 Å². The van der Waals surface area contributed by atoms with Crippen LogP contribution in [-0.4, -0.2) is 24.9 Å². The van der Waals surface area contributed by atoms with Crippen molar-refractivity contribution in [1.82, 2.24) is 0 Å². The Kier molecular flexibility index (Phi) is 5.62. The number of esters is 1. The zero-order valence-electron chi connectivity index (χ0n) is 17.1. The fourth-order valence-corrected chi connectivity index (χ4v) is 3.12. The van der Waals surface area contributed by atoms with Gasteiger partial charge in [0.2, 0.25) is 5.90 Å². The van der Waals surface area contributed by atoms with Gasteiger partial charge < -0.3 is 14.8 Å². The topological polar surface area (TPSA) is 77.0 Å². The third kappa shape index (κ3) is 4.53. The van der Waals surface area contributed by atoms with E-state index >= 15 is 0 Å². The molecule has 0 atom stereocenters. The molecular formula is C25H20N2O4. The van der Waals surface area contributed by atoms with Gasteiger partial charge in [-0.05, 0) is 55.0 Å². The molecule has 0 saturated carbocycles. The Morgan fingerprint density at radius 3 is 2.58 bits per heavy atom. The molecule has 1 N–H and O–H groups in total. The maximum atomic E-state index is 12.5. The summed E-state index contributed by atoms with van der Waals surface area (Å²) in [7, 11) is 1.54. The van der Waals surface area contributed by atoms with E-state index in [1.807, 2.05) is 37.3 Å². The van der Waals surface area contributed by atoms with Gasteiger partial charge in [-0.25, -0.2) is 9.79 Å². The Balaban J connectivity index is 1.56. The molecule has 4 rings (SSSR count). The molecule has 1 heterocycles. The summed E-state index contributed by atoms with van der Waals surface area (Å²) in [6.45, 7) is 1.97. The van der Waals surface area contributed by atoms with Gasteiger partial charge in [0, 0.05) is 11.3 Å². The van der Waals surface area contributed by atoms with Crippen LogP contribution in [0, 0.1) is 6.92 Å². The molecule has 0 unspecified atom stereocenters. The average Bonchev–Trinajstić information content (AvgIpc) is 3.14. The van der Waals surface area contributed by atoms with E-state index in [2.05, 4.69) is 10.3 Å². The van der Waals surface area contributed by atoms with Crippen LogP contribution in [0.1, 0.15) is 27.0 Å². The lowest BCUT2D eigenvalue weighted by Gasteiger charge is -2.06. The van der Waals surface area contributed by atoms with Crippen molar-refractivity contribution in [3.63, 3.8) is 0 Å². The highest BCUT2D eigenvalue weighted by Gasteiger charge is 2.26. The van der Waals surface area contributed by atoms with Gasteiger partial charge >= 0.3 is 5.97 Å². The highest BCUT2D eigenvalue weighted by Crippen LogP contribution is 2.25. The molecule has 6 nitrogen and oxygen atoms in total. The monoisotopic (exact) mass is 412 g/mol. The first-order chi connectivity index (χ1) is 15.0. The second-order valence-corrected chi connectivity index (χ2v) is 6.98. The minimum absolute atomic E-state index is 0.169. The van der Waals surface area contributed by atoms with E-state index in [1.54, 1.807) is 55.7 Å². The van der Waals surface area contributed by atoms with Crippen molar-refractivity contribution in [2.45, 2.75) is 6.92 Å². The van der Waals surface area contributed by atoms with Crippen LogP contribution in [0.3, 0.4) is 0 Å². The summed E-state index contributed by atoms with van der Waals surface area (Å²) in [5, 5.41) is 2.87. The first-order valence-corrected chi connectivity index (χ1v) is 9.67. The minimum atomic E-state index is -0.546. The van der Waals surface area contributed by atoms with Crippen LogP contribution >= 0.6 is 0 Å². The lowest BCUT2D eigenvalue weighted by Crippen LogP contribution is -2.11. The highest BCUT2D eigenvalue weighted by atomic mass is 16.6. The standard InChI is InChI=1S/C25H20N2O4/c1-16-10-12-18(13-11-16)23(28)26-19-7-5-6-17(14-19)15-21-25(29)31-24(27-21)20-8-3-4-9-22(20)30-2/h3-15H,1-2H3,(H,26,28)/b21-15+. The van der Waals surface area contributed by atoms with E-state index in [-0.39, 0.29) is 17.5 Å². The number of carbonyl (C=O) groups excluding carboxylic acids is 2. The Hall–Kier alpha value is -4.19. The lowest BCUT2D eigenvalue weighted by molar-refractivity contribution is -0.129. The Morgan fingerprint density at radius 2 is 1.81 bits per heavy atom. The molecule has 0 aromatic heterocycles. The number of hydrogen-bond acceptors (Lipinski definition) is 5. The number of carbonyl (C=O) groups is 2. The van der Waals surface area contributed by atoms with E-state index in [9.17, 15) is 9.59 Å². The van der Waals surface area contributed by atoms with E-state index in [0.717, 1.165) is 5.56 Å². The first kappa shape index (κ1) is 20.1. The number of aliphatic imine (C=N–C) groups is 1. The van der Waals surface area contributed by atoms with Gasteiger partial charge in [0.15, 0.2) is 5.70 Å². The van der Waals surface area contributed by atoms with Crippen LogP contribution in [0.25, 0.3) is 6.08 Å². The number of nitrogens with zero attached hydrogens (tertiary/aromatic N) is 1. The molecule has 31 heavy (non-hydrogen) atoms. The smallest absolute Gasteiger partial charge is 0.363 e. The van der Waals surface area contributed by atoms with Crippen molar-refractivity contribution in [2.75, 3.05) is 12.4 Å². The normalized spacial score (nSPS) is 14.2. The SMILES string of the molecule is COc1ccccc1C1=N/C(=C/c2cccc(NC(=O)c3ccc(C)cc3)c2)C(=O)O1. The second-order valence-electron chi connectivity index (χ2n) is 6.98. The van der Waals surface area contributed by atoms with Crippen LogP contribution in [-0.2, 0) is 9.53 Å². The van der Waals surface area contributed by atoms with Crippen molar-refractivity contribution >= 4 is 29.5 Å². The molecule has 6 heteroatoms. The number of amides is 1. The number of methoxy groups -OCH3 is 1.